The fraction of sp³-hybridized carbons (Fsp3) is 0.462. The highest BCUT2D eigenvalue weighted by molar-refractivity contribution is 5.82. The second-order valence-corrected chi connectivity index (χ2v) is 9.61. The summed E-state index contributed by atoms with van der Waals surface area (Å²) >= 11 is 0. The lowest BCUT2D eigenvalue weighted by Crippen LogP contribution is -2.49. The highest BCUT2D eigenvalue weighted by Crippen LogP contribution is 2.35. The summed E-state index contributed by atoms with van der Waals surface area (Å²) in [6, 6.07) is 7.80. The fourth-order valence-electron chi connectivity index (χ4n) is 3.86. The van der Waals surface area contributed by atoms with E-state index in [0.717, 1.165) is 6.54 Å². The summed E-state index contributed by atoms with van der Waals surface area (Å²) in [5, 5.41) is 6.05. The van der Waals surface area contributed by atoms with E-state index >= 15 is 0 Å². The molecule has 12 heteroatoms. The van der Waals surface area contributed by atoms with Crippen LogP contribution in [0, 0.1) is 11.2 Å². The number of imidazole rings is 1. The predicted molar refractivity (Wildman–Crippen MR) is 140 cm³/mol. The molecule has 0 aliphatic carbocycles. The largest absolute Gasteiger partial charge is 0.383 e. The number of rotatable bonds is 11. The Morgan fingerprint density at radius 2 is 1.92 bits per heavy atom. The average Bonchev–Trinajstić information content (AvgIpc) is 3.35. The number of aromatic amines is 1. The van der Waals surface area contributed by atoms with Gasteiger partial charge in [-0.1, -0.05) is 0 Å². The minimum absolute atomic E-state index is 0.126. The van der Waals surface area contributed by atoms with Crippen LogP contribution in [0.2, 0.25) is 0 Å². The topological polar surface area (TPSA) is 127 Å². The van der Waals surface area contributed by atoms with Crippen LogP contribution in [0.25, 0.3) is 22.6 Å². The van der Waals surface area contributed by atoms with E-state index in [4.69, 9.17) is 19.2 Å². The maximum absolute atomic E-state index is 13.6. The number of carbonyl (C=O) groups is 1. The van der Waals surface area contributed by atoms with Crippen molar-refractivity contribution >= 4 is 11.9 Å². The van der Waals surface area contributed by atoms with Crippen LogP contribution in [0.15, 0.2) is 36.5 Å². The number of nitrogens with one attached hydrogen (secondary N) is 3. The van der Waals surface area contributed by atoms with Gasteiger partial charge in [-0.3, -0.25) is 4.79 Å². The first-order chi connectivity index (χ1) is 18.3. The number of hydrogen-bond donors (Lipinski definition) is 3. The highest BCUT2D eigenvalue weighted by Gasteiger charge is 2.40. The van der Waals surface area contributed by atoms with Gasteiger partial charge in [-0.05, 0) is 51.4 Å². The van der Waals surface area contributed by atoms with Gasteiger partial charge in [0.25, 0.3) is 0 Å². The number of aromatic nitrogens is 4. The molecule has 1 aromatic carbocycles. The van der Waals surface area contributed by atoms with Gasteiger partial charge in [-0.15, -0.1) is 0 Å². The number of methoxy groups -OCH3 is 1. The Bertz CT molecular complexity index is 1210. The quantitative estimate of drug-likeness (QED) is 0.322. The van der Waals surface area contributed by atoms with Crippen molar-refractivity contribution in [3.8, 4) is 22.6 Å². The summed E-state index contributed by atoms with van der Waals surface area (Å²) in [7, 11) is 5.52. The van der Waals surface area contributed by atoms with Crippen molar-refractivity contribution in [1.29, 1.82) is 0 Å². The smallest absolute Gasteiger partial charge is 0.230 e. The molecule has 2 aromatic heterocycles. The highest BCUT2D eigenvalue weighted by atomic mass is 19.1. The van der Waals surface area contributed by atoms with Crippen LogP contribution in [0.1, 0.15) is 19.0 Å². The number of halogens is 1. The molecule has 3 N–H and O–H groups in total. The first-order valence-electron chi connectivity index (χ1n) is 12.4. The van der Waals surface area contributed by atoms with E-state index in [9.17, 15) is 9.18 Å². The van der Waals surface area contributed by atoms with E-state index in [1.807, 2.05) is 25.9 Å². The number of ether oxygens (including phenoxy) is 3. The van der Waals surface area contributed by atoms with Crippen LogP contribution in [0.3, 0.4) is 0 Å². The monoisotopic (exact) mass is 527 g/mol. The van der Waals surface area contributed by atoms with Gasteiger partial charge in [0.1, 0.15) is 5.82 Å². The summed E-state index contributed by atoms with van der Waals surface area (Å²) in [6.07, 6.45) is 0.826. The van der Waals surface area contributed by atoms with E-state index < -0.39 is 11.7 Å². The Hall–Kier alpha value is -3.45. The van der Waals surface area contributed by atoms with Crippen molar-refractivity contribution in [1.82, 2.24) is 30.2 Å². The molecule has 1 aliphatic rings. The molecule has 11 nitrogen and oxygen atoms in total. The van der Waals surface area contributed by atoms with E-state index in [2.05, 4.69) is 25.6 Å². The van der Waals surface area contributed by atoms with Crippen molar-refractivity contribution in [2.45, 2.75) is 13.2 Å². The standard InChI is InChI=1S/C26H34FN7O4/c1-26(24(35)28-11-13-34(2)3)15-37-23(38-16-26)22-32-20(17-5-7-18(27)8-6-17)21(33-22)19-9-10-29-25(31-19)30-12-14-36-4/h5-10,23H,11-16H2,1-4H3,(H,28,35)(H,32,33)(H,29,30,31). The number of likely N-dealkylation sites (N-methyl/N-ethyl adjacent to an activating group) is 1. The molecule has 0 spiro atoms. The summed E-state index contributed by atoms with van der Waals surface area (Å²) in [4.78, 5) is 31.6. The SMILES string of the molecule is COCCNc1nccc(-c2[nH]c(C3OCC(C)(C(=O)NCCN(C)C)CO3)nc2-c2ccc(F)cc2)n1. The molecular weight excluding hydrogens is 493 g/mol. The Labute approximate surface area is 221 Å². The third-order valence-corrected chi connectivity index (χ3v) is 6.06. The van der Waals surface area contributed by atoms with Crippen LogP contribution in [-0.4, -0.2) is 91.4 Å². The molecule has 4 rings (SSSR count). The number of nitrogens with zero attached hydrogens (tertiary/aromatic N) is 4. The average molecular weight is 528 g/mol. The van der Waals surface area contributed by atoms with E-state index in [0.29, 0.717) is 54.1 Å². The first kappa shape index (κ1) is 27.6. The number of amides is 1. The molecule has 0 radical (unpaired) electrons. The summed E-state index contributed by atoms with van der Waals surface area (Å²) in [5.41, 5.74) is 1.61. The van der Waals surface area contributed by atoms with Gasteiger partial charge in [-0.2, -0.15) is 0 Å². The Morgan fingerprint density at radius 3 is 2.61 bits per heavy atom. The zero-order valence-corrected chi connectivity index (χ0v) is 22.1. The molecule has 0 unspecified atom stereocenters. The fourth-order valence-corrected chi connectivity index (χ4v) is 3.86. The molecule has 3 aromatic rings. The molecule has 1 amide bonds. The molecule has 3 heterocycles. The predicted octanol–water partition coefficient (Wildman–Crippen LogP) is 2.46. The molecule has 1 fully saturated rings. The number of carbonyl (C=O) groups excluding carboxylic acids is 1. The number of anilines is 1. The lowest BCUT2D eigenvalue weighted by Gasteiger charge is -2.35. The van der Waals surface area contributed by atoms with Gasteiger partial charge >= 0.3 is 0 Å². The van der Waals surface area contributed by atoms with Crippen molar-refractivity contribution in [3.05, 3.63) is 48.2 Å². The molecule has 204 valence electrons. The first-order valence-corrected chi connectivity index (χ1v) is 12.4. The number of H-pyrrole nitrogens is 1. The second-order valence-electron chi connectivity index (χ2n) is 9.61. The van der Waals surface area contributed by atoms with Crippen molar-refractivity contribution in [2.24, 2.45) is 5.41 Å². The van der Waals surface area contributed by atoms with Crippen molar-refractivity contribution in [2.75, 3.05) is 66.0 Å². The zero-order chi connectivity index (χ0) is 27.1. The van der Waals surface area contributed by atoms with E-state index in [1.165, 1.54) is 12.1 Å². The van der Waals surface area contributed by atoms with Gasteiger partial charge in [0.15, 0.2) is 5.82 Å². The van der Waals surface area contributed by atoms with Gasteiger partial charge < -0.3 is 34.7 Å². The zero-order valence-electron chi connectivity index (χ0n) is 22.1. The van der Waals surface area contributed by atoms with Gasteiger partial charge in [-0.25, -0.2) is 19.3 Å². The van der Waals surface area contributed by atoms with Gasteiger partial charge in [0.05, 0.1) is 42.3 Å². The molecule has 0 bridgehead atoms. The van der Waals surface area contributed by atoms with Crippen LogP contribution in [0.5, 0.6) is 0 Å². The van der Waals surface area contributed by atoms with Crippen LogP contribution in [0.4, 0.5) is 10.3 Å². The maximum atomic E-state index is 13.6. The van der Waals surface area contributed by atoms with Gasteiger partial charge in [0, 0.05) is 38.5 Å². The third kappa shape index (κ3) is 6.70. The summed E-state index contributed by atoms with van der Waals surface area (Å²) < 4.78 is 30.6. The minimum atomic E-state index is -0.826. The Balaban J connectivity index is 1.56. The van der Waals surface area contributed by atoms with Crippen LogP contribution >= 0.6 is 0 Å². The lowest BCUT2D eigenvalue weighted by atomic mass is 9.91. The van der Waals surface area contributed by atoms with Gasteiger partial charge in [0.2, 0.25) is 18.1 Å². The normalized spacial score (nSPS) is 19.5. The van der Waals surface area contributed by atoms with Crippen molar-refractivity contribution < 1.29 is 23.4 Å². The maximum Gasteiger partial charge on any atom is 0.230 e. The van der Waals surface area contributed by atoms with E-state index in [1.54, 1.807) is 31.5 Å². The number of benzene rings is 1. The second kappa shape index (κ2) is 12.4. The lowest BCUT2D eigenvalue weighted by molar-refractivity contribution is -0.231. The minimum Gasteiger partial charge on any atom is -0.383 e. The molecular formula is C26H34FN7O4. The molecule has 0 saturated carbocycles. The molecule has 1 saturated heterocycles. The third-order valence-electron chi connectivity index (χ3n) is 6.06. The van der Waals surface area contributed by atoms with Crippen LogP contribution < -0.4 is 10.6 Å². The Kier molecular flexibility index (Phi) is 9.00. The van der Waals surface area contributed by atoms with Crippen LogP contribution in [-0.2, 0) is 19.0 Å². The number of hydrogen-bond acceptors (Lipinski definition) is 9. The molecule has 0 atom stereocenters. The van der Waals surface area contributed by atoms with E-state index in [-0.39, 0.29) is 24.9 Å². The Morgan fingerprint density at radius 1 is 1.18 bits per heavy atom. The molecule has 38 heavy (non-hydrogen) atoms. The van der Waals surface area contributed by atoms with Crippen molar-refractivity contribution in [3.63, 3.8) is 0 Å². The summed E-state index contributed by atoms with van der Waals surface area (Å²) in [6.45, 7) is 4.46. The summed E-state index contributed by atoms with van der Waals surface area (Å²) in [5.74, 6) is 0.378. The molecule has 1 aliphatic heterocycles.